The molecule has 0 aliphatic carbocycles. The van der Waals surface area contributed by atoms with Crippen LogP contribution in [0.4, 0.5) is 0 Å². The number of aromatic amines is 1. The molecule has 3 heterocycles. The van der Waals surface area contributed by atoms with E-state index in [2.05, 4.69) is 9.97 Å². The lowest BCUT2D eigenvalue weighted by molar-refractivity contribution is 0.0646. The van der Waals surface area contributed by atoms with Gasteiger partial charge < -0.3 is 20.7 Å². The zero-order valence-corrected chi connectivity index (χ0v) is 19.2. The molecule has 4 aromatic rings. The van der Waals surface area contributed by atoms with Gasteiger partial charge in [-0.15, -0.1) is 11.3 Å². The fraction of sp³-hybridized carbons (Fsp3) is 0.192. The van der Waals surface area contributed by atoms with Crippen molar-refractivity contribution in [2.75, 3.05) is 6.54 Å². The second kappa shape index (κ2) is 9.24. The van der Waals surface area contributed by atoms with Crippen LogP contribution in [0.1, 0.15) is 48.6 Å². The van der Waals surface area contributed by atoms with Gasteiger partial charge in [0.1, 0.15) is 10.7 Å². The van der Waals surface area contributed by atoms with E-state index in [-0.39, 0.29) is 16.8 Å². The average molecular weight is 473 g/mol. The largest absolute Gasteiger partial charge is 0.477 e. The fourth-order valence-corrected chi connectivity index (χ4v) is 5.21. The van der Waals surface area contributed by atoms with Crippen LogP contribution >= 0.6 is 11.3 Å². The number of imidazole rings is 1. The molecule has 0 saturated heterocycles. The Bertz CT molecular complexity index is 1350. The molecule has 0 unspecified atom stereocenters. The first-order valence-corrected chi connectivity index (χ1v) is 11.9. The van der Waals surface area contributed by atoms with Gasteiger partial charge >= 0.3 is 5.97 Å². The van der Waals surface area contributed by atoms with Crippen molar-refractivity contribution in [2.24, 2.45) is 5.73 Å². The van der Waals surface area contributed by atoms with E-state index in [1.807, 2.05) is 53.4 Å². The maximum Gasteiger partial charge on any atom is 0.345 e. The van der Waals surface area contributed by atoms with E-state index in [9.17, 15) is 14.7 Å². The number of rotatable bonds is 7. The van der Waals surface area contributed by atoms with Crippen molar-refractivity contribution in [3.05, 3.63) is 99.8 Å². The third-order valence-electron chi connectivity index (χ3n) is 6.16. The van der Waals surface area contributed by atoms with Gasteiger partial charge in [-0.05, 0) is 41.3 Å². The van der Waals surface area contributed by atoms with Gasteiger partial charge in [0.05, 0.1) is 22.8 Å². The zero-order chi connectivity index (χ0) is 23.7. The lowest BCUT2D eigenvalue weighted by Gasteiger charge is -2.35. The summed E-state index contributed by atoms with van der Waals surface area (Å²) in [6, 6.07) is 18.9. The number of fused-ring (bicyclic) bond motifs is 1. The molecule has 4 N–H and O–H groups in total. The van der Waals surface area contributed by atoms with Crippen molar-refractivity contribution < 1.29 is 14.7 Å². The Morgan fingerprint density at radius 2 is 1.97 bits per heavy atom. The molecule has 1 aliphatic rings. The highest BCUT2D eigenvalue weighted by atomic mass is 32.1. The fourth-order valence-electron chi connectivity index (χ4n) is 4.40. The molecular formula is C26H24N4O3S. The minimum absolute atomic E-state index is 0.0204. The van der Waals surface area contributed by atoms with Gasteiger partial charge in [0.2, 0.25) is 0 Å². The molecule has 1 aliphatic heterocycles. The molecule has 0 radical (unpaired) electrons. The highest BCUT2D eigenvalue weighted by Crippen LogP contribution is 2.32. The molecule has 0 fully saturated rings. The average Bonchev–Trinajstić information content (AvgIpc) is 3.54. The van der Waals surface area contributed by atoms with Crippen molar-refractivity contribution in [1.29, 1.82) is 0 Å². The van der Waals surface area contributed by atoms with Crippen LogP contribution in [0.3, 0.4) is 0 Å². The number of carbonyl (C=O) groups is 2. The Morgan fingerprint density at radius 3 is 2.71 bits per heavy atom. The van der Waals surface area contributed by atoms with Gasteiger partial charge in [-0.2, -0.15) is 0 Å². The predicted molar refractivity (Wildman–Crippen MR) is 131 cm³/mol. The van der Waals surface area contributed by atoms with E-state index in [0.717, 1.165) is 33.7 Å². The topological polar surface area (TPSA) is 112 Å². The van der Waals surface area contributed by atoms with E-state index < -0.39 is 5.97 Å². The molecule has 7 nitrogen and oxygen atoms in total. The van der Waals surface area contributed by atoms with Gasteiger partial charge in [0.15, 0.2) is 0 Å². The van der Waals surface area contributed by atoms with Crippen molar-refractivity contribution in [3.8, 4) is 10.6 Å². The second-order valence-corrected chi connectivity index (χ2v) is 9.38. The normalized spacial score (nSPS) is 14.1. The minimum Gasteiger partial charge on any atom is -0.477 e. The Hall–Kier alpha value is -3.75. The molecule has 1 atom stereocenters. The van der Waals surface area contributed by atoms with Crippen molar-refractivity contribution in [3.63, 3.8) is 0 Å². The van der Waals surface area contributed by atoms with Gasteiger partial charge in [-0.25, -0.2) is 9.78 Å². The van der Waals surface area contributed by atoms with E-state index in [0.29, 0.717) is 30.9 Å². The number of hydrogen-bond acceptors (Lipinski definition) is 5. The van der Waals surface area contributed by atoms with Gasteiger partial charge in [-0.3, -0.25) is 4.79 Å². The molecule has 172 valence electrons. The van der Waals surface area contributed by atoms with Gasteiger partial charge in [0, 0.05) is 25.1 Å². The summed E-state index contributed by atoms with van der Waals surface area (Å²) < 4.78 is 0. The number of benzene rings is 2. The number of carboxylic acid groups (broad SMARTS) is 1. The zero-order valence-electron chi connectivity index (χ0n) is 18.4. The van der Waals surface area contributed by atoms with Gasteiger partial charge in [0.25, 0.3) is 5.91 Å². The van der Waals surface area contributed by atoms with Gasteiger partial charge in [-0.1, -0.05) is 42.5 Å². The first kappa shape index (κ1) is 22.1. The molecule has 8 heteroatoms. The van der Waals surface area contributed by atoms with Crippen LogP contribution in [-0.2, 0) is 19.4 Å². The van der Waals surface area contributed by atoms with Crippen LogP contribution in [0.15, 0.2) is 66.9 Å². The number of carbonyl (C=O) groups excluding carboxylic acids is 1. The minimum atomic E-state index is -0.951. The maximum absolute atomic E-state index is 13.6. The molecular weight excluding hydrogens is 448 g/mol. The molecule has 34 heavy (non-hydrogen) atoms. The summed E-state index contributed by atoms with van der Waals surface area (Å²) in [5.41, 5.74) is 10.4. The Morgan fingerprint density at radius 1 is 1.15 bits per heavy atom. The summed E-state index contributed by atoms with van der Waals surface area (Å²) in [5, 5.41) is 9.25. The first-order valence-electron chi connectivity index (χ1n) is 11.1. The summed E-state index contributed by atoms with van der Waals surface area (Å²) in [7, 11) is 0. The number of nitrogens with two attached hydrogens (primary N) is 1. The van der Waals surface area contributed by atoms with E-state index in [1.54, 1.807) is 18.3 Å². The number of nitrogens with one attached hydrogen (secondary N) is 1. The first-order chi connectivity index (χ1) is 16.5. The molecule has 2 aromatic heterocycles. The van der Waals surface area contributed by atoms with Crippen LogP contribution in [0.2, 0.25) is 0 Å². The highest BCUT2D eigenvalue weighted by molar-refractivity contribution is 7.17. The van der Waals surface area contributed by atoms with Crippen LogP contribution in [0.5, 0.6) is 0 Å². The van der Waals surface area contributed by atoms with Crippen LogP contribution in [-0.4, -0.2) is 38.4 Å². The van der Waals surface area contributed by atoms with E-state index >= 15 is 0 Å². The monoisotopic (exact) mass is 472 g/mol. The van der Waals surface area contributed by atoms with Crippen molar-refractivity contribution in [1.82, 2.24) is 14.9 Å². The number of thiophene rings is 1. The Kier molecular flexibility index (Phi) is 6.00. The molecule has 0 saturated carbocycles. The third kappa shape index (κ3) is 4.25. The van der Waals surface area contributed by atoms with Crippen molar-refractivity contribution >= 4 is 23.2 Å². The Labute approximate surface area is 200 Å². The number of aromatic nitrogens is 2. The number of aromatic carboxylic acids is 1. The summed E-state index contributed by atoms with van der Waals surface area (Å²) >= 11 is 1.19. The summed E-state index contributed by atoms with van der Waals surface area (Å²) in [4.78, 5) is 35.8. The highest BCUT2D eigenvalue weighted by Gasteiger charge is 2.33. The lowest BCUT2D eigenvalue weighted by Crippen LogP contribution is -2.41. The molecule has 0 spiro atoms. The Balaban J connectivity index is 1.49. The van der Waals surface area contributed by atoms with E-state index in [4.69, 9.17) is 5.73 Å². The third-order valence-corrected chi connectivity index (χ3v) is 7.27. The predicted octanol–water partition coefficient (Wildman–Crippen LogP) is 4.28. The summed E-state index contributed by atoms with van der Waals surface area (Å²) in [5.74, 6) is -0.291. The lowest BCUT2D eigenvalue weighted by atomic mass is 9.94. The molecule has 0 bridgehead atoms. The molecule has 2 aromatic carbocycles. The number of nitrogens with zero attached hydrogens (tertiary/aromatic N) is 2. The van der Waals surface area contributed by atoms with Crippen LogP contribution < -0.4 is 5.73 Å². The number of amides is 1. The smallest absolute Gasteiger partial charge is 0.345 e. The maximum atomic E-state index is 13.6. The number of hydrogen-bond donors (Lipinski definition) is 3. The second-order valence-electron chi connectivity index (χ2n) is 8.30. The standard InChI is InChI=1S/C26H24N4O3S/c27-14-17-6-7-19-18(12-17)10-11-30(25(19)31)21(13-16-4-2-1-3-5-16)24-28-15-20(29-24)22-8-9-23(34-22)26(32)33/h1-9,12,15,21H,10-11,13-14,27H2,(H,28,29)(H,32,33)/t21-/m0/s1. The SMILES string of the molecule is NCc1ccc2c(c1)CCN([C@@H](Cc1ccccc1)c1ncc(-c3ccc(C(=O)O)s3)[nH]1)C2=O. The molecule has 5 rings (SSSR count). The molecule has 1 amide bonds. The number of H-pyrrole nitrogens is 1. The van der Waals surface area contributed by atoms with Crippen LogP contribution in [0, 0.1) is 0 Å². The number of carboxylic acids is 1. The van der Waals surface area contributed by atoms with Crippen LogP contribution in [0.25, 0.3) is 10.6 Å². The van der Waals surface area contributed by atoms with Crippen molar-refractivity contribution in [2.45, 2.75) is 25.4 Å². The summed E-state index contributed by atoms with van der Waals surface area (Å²) in [6.45, 7) is 1.03. The van der Waals surface area contributed by atoms with E-state index in [1.165, 1.54) is 11.3 Å². The summed E-state index contributed by atoms with van der Waals surface area (Å²) in [6.07, 6.45) is 3.07. The quantitative estimate of drug-likeness (QED) is 0.372.